The third-order valence-electron chi connectivity index (χ3n) is 6.18. The lowest BCUT2D eigenvalue weighted by molar-refractivity contribution is -0.134. The molecule has 2 heterocycles. The van der Waals surface area contributed by atoms with E-state index in [0.29, 0.717) is 23.2 Å². The molecule has 1 saturated heterocycles. The van der Waals surface area contributed by atoms with Crippen LogP contribution in [0.1, 0.15) is 38.5 Å². The maximum Gasteiger partial charge on any atom is 0.316 e. The predicted octanol–water partition coefficient (Wildman–Crippen LogP) is 3.33. The summed E-state index contributed by atoms with van der Waals surface area (Å²) in [6.07, 6.45) is 7.19. The van der Waals surface area contributed by atoms with Gasteiger partial charge in [-0.25, -0.2) is 0 Å². The molecular weight excluding hydrogens is 328 g/mol. The summed E-state index contributed by atoms with van der Waals surface area (Å²) in [6.45, 7) is 1.78. The molecule has 1 spiro atoms. The number of benzene rings is 1. The van der Waals surface area contributed by atoms with E-state index >= 15 is 0 Å². The molecule has 0 unspecified atom stereocenters. The summed E-state index contributed by atoms with van der Waals surface area (Å²) >= 11 is 0. The summed E-state index contributed by atoms with van der Waals surface area (Å²) in [7, 11) is 0. The van der Waals surface area contributed by atoms with Gasteiger partial charge in [-0.15, -0.1) is 5.10 Å². The number of rotatable bonds is 5. The number of amides is 1. The first-order chi connectivity index (χ1) is 12.7. The van der Waals surface area contributed by atoms with Crippen LogP contribution >= 0.6 is 0 Å². The first kappa shape index (κ1) is 15.9. The van der Waals surface area contributed by atoms with E-state index in [1.165, 1.54) is 12.8 Å². The van der Waals surface area contributed by atoms with E-state index in [4.69, 9.17) is 4.42 Å². The van der Waals surface area contributed by atoms with Crippen LogP contribution < -0.4 is 5.32 Å². The second kappa shape index (κ2) is 6.11. The molecular formula is C20H24N4O2. The number of hydrogen-bond acceptors (Lipinski definition) is 5. The minimum atomic E-state index is -0.243. The molecule has 1 atom stereocenters. The zero-order valence-corrected chi connectivity index (χ0v) is 14.9. The molecule has 2 saturated carbocycles. The largest absolute Gasteiger partial charge is 0.403 e. The van der Waals surface area contributed by atoms with Crippen LogP contribution in [-0.4, -0.2) is 40.1 Å². The smallest absolute Gasteiger partial charge is 0.316 e. The van der Waals surface area contributed by atoms with Gasteiger partial charge in [0.1, 0.15) is 6.04 Å². The number of nitrogens with one attached hydrogen (secondary N) is 1. The number of nitrogens with zero attached hydrogens (tertiary/aromatic N) is 3. The van der Waals surface area contributed by atoms with Crippen LogP contribution in [0.5, 0.6) is 0 Å². The SMILES string of the molecule is O=C([C@@H](Nc1nnc(-c2ccccc2)o1)C1CC1)N1CCC2(CC1)CC2. The van der Waals surface area contributed by atoms with Gasteiger partial charge in [0, 0.05) is 18.7 Å². The summed E-state index contributed by atoms with van der Waals surface area (Å²) in [5.41, 5.74) is 1.46. The normalized spacial score (nSPS) is 22.2. The lowest BCUT2D eigenvalue weighted by Crippen LogP contribution is -2.47. The molecule has 1 N–H and O–H groups in total. The van der Waals surface area contributed by atoms with E-state index in [9.17, 15) is 4.79 Å². The van der Waals surface area contributed by atoms with E-state index in [1.54, 1.807) is 0 Å². The van der Waals surface area contributed by atoms with Crippen LogP contribution in [0.3, 0.4) is 0 Å². The number of likely N-dealkylation sites (tertiary alicyclic amines) is 1. The summed E-state index contributed by atoms with van der Waals surface area (Å²) in [5.74, 6) is 1.05. The fraction of sp³-hybridized carbons (Fsp3) is 0.550. The Labute approximate surface area is 153 Å². The molecule has 5 rings (SSSR count). The van der Waals surface area contributed by atoms with Gasteiger partial charge < -0.3 is 14.6 Å². The fourth-order valence-electron chi connectivity index (χ4n) is 4.00. The van der Waals surface area contributed by atoms with Crippen LogP contribution in [0, 0.1) is 11.3 Å². The second-order valence-electron chi connectivity index (χ2n) is 8.06. The van der Waals surface area contributed by atoms with Gasteiger partial charge in [-0.05, 0) is 62.0 Å². The second-order valence-corrected chi connectivity index (χ2v) is 8.06. The first-order valence-electron chi connectivity index (χ1n) is 9.67. The lowest BCUT2D eigenvalue weighted by Gasteiger charge is -2.34. The Balaban J connectivity index is 1.28. The van der Waals surface area contributed by atoms with Crippen molar-refractivity contribution < 1.29 is 9.21 Å². The number of carbonyl (C=O) groups is 1. The monoisotopic (exact) mass is 352 g/mol. The van der Waals surface area contributed by atoms with Gasteiger partial charge in [-0.1, -0.05) is 23.3 Å². The van der Waals surface area contributed by atoms with Gasteiger partial charge in [0.2, 0.25) is 11.8 Å². The fourth-order valence-corrected chi connectivity index (χ4v) is 4.00. The quantitative estimate of drug-likeness (QED) is 0.894. The Morgan fingerprint density at radius 2 is 1.85 bits per heavy atom. The van der Waals surface area contributed by atoms with Gasteiger partial charge in [0.05, 0.1) is 0 Å². The van der Waals surface area contributed by atoms with Crippen molar-refractivity contribution >= 4 is 11.9 Å². The molecule has 6 nitrogen and oxygen atoms in total. The maximum absolute atomic E-state index is 13.1. The Kier molecular flexibility index (Phi) is 3.72. The maximum atomic E-state index is 13.1. The molecule has 2 aromatic rings. The van der Waals surface area contributed by atoms with Crippen LogP contribution in [0.4, 0.5) is 6.01 Å². The molecule has 2 aliphatic carbocycles. The highest BCUT2D eigenvalue weighted by Crippen LogP contribution is 2.53. The minimum Gasteiger partial charge on any atom is -0.403 e. The van der Waals surface area contributed by atoms with Gasteiger partial charge in [0.25, 0.3) is 0 Å². The van der Waals surface area contributed by atoms with E-state index in [2.05, 4.69) is 15.5 Å². The molecule has 0 bridgehead atoms. The van der Waals surface area contributed by atoms with Crippen molar-refractivity contribution in [3.8, 4) is 11.5 Å². The summed E-state index contributed by atoms with van der Waals surface area (Å²) < 4.78 is 5.75. The molecule has 26 heavy (non-hydrogen) atoms. The average Bonchev–Trinajstić information content (AvgIpc) is 3.61. The average molecular weight is 352 g/mol. The molecule has 3 fully saturated rings. The molecule has 1 aromatic carbocycles. The van der Waals surface area contributed by atoms with Crippen molar-refractivity contribution in [3.05, 3.63) is 30.3 Å². The van der Waals surface area contributed by atoms with Crippen molar-refractivity contribution in [2.45, 2.75) is 44.6 Å². The van der Waals surface area contributed by atoms with Gasteiger partial charge in [-0.3, -0.25) is 4.79 Å². The van der Waals surface area contributed by atoms with Crippen molar-refractivity contribution in [3.63, 3.8) is 0 Å². The van der Waals surface area contributed by atoms with Crippen molar-refractivity contribution in [2.75, 3.05) is 18.4 Å². The Morgan fingerprint density at radius 3 is 2.50 bits per heavy atom. The highest BCUT2D eigenvalue weighted by atomic mass is 16.4. The van der Waals surface area contributed by atoms with Crippen LogP contribution in [-0.2, 0) is 4.79 Å². The van der Waals surface area contributed by atoms with E-state index < -0.39 is 0 Å². The zero-order chi connectivity index (χ0) is 17.6. The van der Waals surface area contributed by atoms with Crippen molar-refractivity contribution in [1.29, 1.82) is 0 Å². The lowest BCUT2D eigenvalue weighted by atomic mass is 9.93. The van der Waals surface area contributed by atoms with E-state index in [0.717, 1.165) is 44.3 Å². The van der Waals surface area contributed by atoms with Gasteiger partial charge in [0.15, 0.2) is 0 Å². The number of carbonyl (C=O) groups excluding carboxylic acids is 1. The third kappa shape index (κ3) is 3.08. The molecule has 136 valence electrons. The molecule has 1 amide bonds. The highest BCUT2D eigenvalue weighted by Gasteiger charge is 2.47. The number of piperidine rings is 1. The number of aromatic nitrogens is 2. The van der Waals surface area contributed by atoms with Crippen LogP contribution in [0.25, 0.3) is 11.5 Å². The third-order valence-corrected chi connectivity index (χ3v) is 6.18. The first-order valence-corrected chi connectivity index (χ1v) is 9.67. The molecule has 3 aliphatic rings. The Bertz CT molecular complexity index is 785. The summed E-state index contributed by atoms with van der Waals surface area (Å²) in [5, 5.41) is 11.5. The Hall–Kier alpha value is -2.37. The van der Waals surface area contributed by atoms with Crippen LogP contribution in [0.15, 0.2) is 34.7 Å². The molecule has 1 aromatic heterocycles. The van der Waals surface area contributed by atoms with Gasteiger partial charge in [-0.2, -0.15) is 0 Å². The van der Waals surface area contributed by atoms with E-state index in [-0.39, 0.29) is 11.9 Å². The number of anilines is 1. The highest BCUT2D eigenvalue weighted by molar-refractivity contribution is 5.85. The molecule has 6 heteroatoms. The standard InChI is InChI=1S/C20H24N4O2/c25-18(24-12-10-20(8-9-20)11-13-24)16(14-6-7-14)21-19-23-22-17(26-19)15-4-2-1-3-5-15/h1-5,14,16H,6-13H2,(H,21,23)/t16-/m0/s1. The predicted molar refractivity (Wildman–Crippen MR) is 97.3 cm³/mol. The van der Waals surface area contributed by atoms with Crippen molar-refractivity contribution in [1.82, 2.24) is 15.1 Å². The topological polar surface area (TPSA) is 71.3 Å². The van der Waals surface area contributed by atoms with Crippen molar-refractivity contribution in [2.24, 2.45) is 11.3 Å². The van der Waals surface area contributed by atoms with Crippen LogP contribution in [0.2, 0.25) is 0 Å². The zero-order valence-electron chi connectivity index (χ0n) is 14.9. The summed E-state index contributed by atoms with van der Waals surface area (Å²) in [6, 6.07) is 9.78. The minimum absolute atomic E-state index is 0.197. The molecule has 0 radical (unpaired) electrons. The Morgan fingerprint density at radius 1 is 1.12 bits per heavy atom. The van der Waals surface area contributed by atoms with E-state index in [1.807, 2.05) is 35.2 Å². The molecule has 1 aliphatic heterocycles. The van der Waals surface area contributed by atoms with Gasteiger partial charge >= 0.3 is 6.01 Å². The summed E-state index contributed by atoms with van der Waals surface area (Å²) in [4.78, 5) is 15.1. The number of hydrogen-bond donors (Lipinski definition) is 1.